The summed E-state index contributed by atoms with van der Waals surface area (Å²) in [6.45, 7) is 4.24. The number of aliphatic carboxylic acids is 1. The molecule has 2 aromatic rings. The highest BCUT2D eigenvalue weighted by Crippen LogP contribution is 2.53. The average molecular weight is 665 g/mol. The predicted octanol–water partition coefficient (Wildman–Crippen LogP) is 5.76. The van der Waals surface area contributed by atoms with E-state index < -0.39 is 17.9 Å². The lowest BCUT2D eigenvalue weighted by Crippen LogP contribution is -2.54. The number of ether oxygens (including phenoxy) is 3. The third-order valence-electron chi connectivity index (χ3n) is 11.0. The summed E-state index contributed by atoms with van der Waals surface area (Å²) in [4.78, 5) is 42.1. The van der Waals surface area contributed by atoms with E-state index in [9.17, 15) is 19.5 Å². The number of carboxylic acid groups (broad SMARTS) is 1. The van der Waals surface area contributed by atoms with E-state index in [4.69, 9.17) is 25.8 Å². The summed E-state index contributed by atoms with van der Waals surface area (Å²) in [6, 6.07) is 12.0. The van der Waals surface area contributed by atoms with Crippen molar-refractivity contribution in [2.75, 3.05) is 51.9 Å². The SMILES string of the molecule is COC(=O)C1CC(=O)N(C)CC/C=C/C(OCC(=O)O)[C@@H]2CCC2(C)CN2C[C@@]3(CCCc4cc(Cl)ccc43)COc3ccc1cc32. The fraction of sp³-hybridized carbons (Fsp3) is 0.541. The maximum atomic E-state index is 13.4. The van der Waals surface area contributed by atoms with E-state index in [1.165, 1.54) is 18.2 Å². The highest BCUT2D eigenvalue weighted by Gasteiger charge is 2.50. The molecular weight excluding hydrogens is 620 g/mol. The van der Waals surface area contributed by atoms with Crippen LogP contribution in [0.5, 0.6) is 5.75 Å². The second-order valence-corrected chi connectivity index (χ2v) is 14.5. The molecule has 6 rings (SSSR count). The summed E-state index contributed by atoms with van der Waals surface area (Å²) < 4.78 is 17.9. The molecule has 4 aliphatic rings. The molecule has 1 fully saturated rings. The normalized spacial score (nSPS) is 29.9. The highest BCUT2D eigenvalue weighted by molar-refractivity contribution is 6.30. The number of carboxylic acids is 1. The second kappa shape index (κ2) is 13.5. The van der Waals surface area contributed by atoms with Gasteiger partial charge in [-0.3, -0.25) is 9.59 Å². The number of benzene rings is 2. The molecule has 1 saturated carbocycles. The Bertz CT molecular complexity index is 1560. The Morgan fingerprint density at radius 3 is 2.72 bits per heavy atom. The first-order valence-electron chi connectivity index (χ1n) is 16.6. The van der Waals surface area contributed by atoms with Crippen LogP contribution in [0.15, 0.2) is 48.6 Å². The first kappa shape index (κ1) is 33.3. The molecule has 2 aromatic carbocycles. The number of fused-ring (bicyclic) bond motifs is 4. The van der Waals surface area contributed by atoms with E-state index in [2.05, 4.69) is 24.0 Å². The minimum Gasteiger partial charge on any atom is -0.490 e. The van der Waals surface area contributed by atoms with Gasteiger partial charge in [0, 0.05) is 43.5 Å². The van der Waals surface area contributed by atoms with Gasteiger partial charge >= 0.3 is 11.9 Å². The Kier molecular flexibility index (Phi) is 9.59. The van der Waals surface area contributed by atoms with Gasteiger partial charge in [-0.2, -0.15) is 0 Å². The topological polar surface area (TPSA) is 106 Å². The molecule has 1 amide bonds. The van der Waals surface area contributed by atoms with Gasteiger partial charge in [0.1, 0.15) is 12.4 Å². The first-order chi connectivity index (χ1) is 22.5. The number of carbonyl (C=O) groups excluding carboxylic acids is 2. The van der Waals surface area contributed by atoms with Gasteiger partial charge in [0.05, 0.1) is 31.4 Å². The van der Waals surface area contributed by atoms with Crippen LogP contribution < -0.4 is 9.64 Å². The van der Waals surface area contributed by atoms with Crippen LogP contribution in [0.3, 0.4) is 0 Å². The lowest BCUT2D eigenvalue weighted by atomic mass is 9.58. The Hall–Kier alpha value is -3.56. The van der Waals surface area contributed by atoms with Crippen LogP contribution in [-0.2, 0) is 35.7 Å². The largest absolute Gasteiger partial charge is 0.490 e. The number of anilines is 1. The molecule has 1 N–H and O–H groups in total. The summed E-state index contributed by atoms with van der Waals surface area (Å²) >= 11 is 6.45. The fourth-order valence-corrected chi connectivity index (χ4v) is 8.42. The molecule has 0 saturated heterocycles. The van der Waals surface area contributed by atoms with Crippen molar-refractivity contribution < 1.29 is 33.7 Å². The summed E-state index contributed by atoms with van der Waals surface area (Å²) in [5.41, 5.74) is 3.63. The molecule has 47 heavy (non-hydrogen) atoms. The van der Waals surface area contributed by atoms with Gasteiger partial charge in [0.15, 0.2) is 0 Å². The molecule has 5 atom stereocenters. The van der Waals surface area contributed by atoms with Gasteiger partial charge < -0.3 is 29.1 Å². The lowest BCUT2D eigenvalue weighted by Gasteiger charge is -2.53. The highest BCUT2D eigenvalue weighted by atomic mass is 35.5. The van der Waals surface area contributed by atoms with Crippen LogP contribution in [0.4, 0.5) is 5.69 Å². The van der Waals surface area contributed by atoms with Gasteiger partial charge in [0.2, 0.25) is 5.91 Å². The van der Waals surface area contributed by atoms with Crippen LogP contribution in [-0.4, -0.2) is 81.0 Å². The van der Waals surface area contributed by atoms with E-state index in [0.717, 1.165) is 48.6 Å². The van der Waals surface area contributed by atoms with E-state index in [1.807, 2.05) is 36.4 Å². The molecule has 2 heterocycles. The number of halogens is 1. The van der Waals surface area contributed by atoms with Crippen molar-refractivity contribution in [2.24, 2.45) is 11.3 Å². The van der Waals surface area contributed by atoms with Crippen molar-refractivity contribution in [2.45, 2.75) is 69.3 Å². The molecule has 3 unspecified atom stereocenters. The molecule has 252 valence electrons. The van der Waals surface area contributed by atoms with Gasteiger partial charge in [-0.05, 0) is 90.8 Å². The van der Waals surface area contributed by atoms with Gasteiger partial charge in [-0.15, -0.1) is 0 Å². The minimum atomic E-state index is -0.999. The molecule has 9 nitrogen and oxygen atoms in total. The predicted molar refractivity (Wildman–Crippen MR) is 179 cm³/mol. The van der Waals surface area contributed by atoms with Crippen molar-refractivity contribution in [3.8, 4) is 5.75 Å². The van der Waals surface area contributed by atoms with Gasteiger partial charge in [-0.25, -0.2) is 4.79 Å². The maximum absolute atomic E-state index is 13.4. The second-order valence-electron chi connectivity index (χ2n) is 14.1. The van der Waals surface area contributed by atoms with Crippen LogP contribution in [0, 0.1) is 11.3 Å². The van der Waals surface area contributed by atoms with Crippen LogP contribution in [0.1, 0.15) is 68.1 Å². The van der Waals surface area contributed by atoms with Crippen LogP contribution >= 0.6 is 11.6 Å². The quantitative estimate of drug-likeness (QED) is 0.325. The Labute approximate surface area is 281 Å². The van der Waals surface area contributed by atoms with Crippen molar-refractivity contribution in [1.29, 1.82) is 0 Å². The van der Waals surface area contributed by atoms with E-state index in [1.54, 1.807) is 11.9 Å². The first-order valence-corrected chi connectivity index (χ1v) is 17.0. The summed E-state index contributed by atoms with van der Waals surface area (Å²) in [5.74, 6) is -1.55. The summed E-state index contributed by atoms with van der Waals surface area (Å²) in [7, 11) is 3.09. The summed E-state index contributed by atoms with van der Waals surface area (Å²) in [6.07, 6.45) is 8.97. The molecule has 2 bridgehead atoms. The zero-order valence-electron chi connectivity index (χ0n) is 27.5. The van der Waals surface area contributed by atoms with Crippen LogP contribution in [0.25, 0.3) is 0 Å². The molecule has 2 aliphatic carbocycles. The van der Waals surface area contributed by atoms with Crippen molar-refractivity contribution >= 4 is 35.1 Å². The Morgan fingerprint density at radius 2 is 1.98 bits per heavy atom. The number of nitrogens with zero attached hydrogens (tertiary/aromatic N) is 2. The molecule has 1 spiro atoms. The third-order valence-corrected chi connectivity index (χ3v) is 11.2. The molecule has 0 radical (unpaired) electrons. The van der Waals surface area contributed by atoms with Crippen molar-refractivity contribution in [3.05, 3.63) is 70.3 Å². The Morgan fingerprint density at radius 1 is 1.15 bits per heavy atom. The molecular formula is C37H45ClN2O7. The fourth-order valence-electron chi connectivity index (χ4n) is 8.23. The van der Waals surface area contributed by atoms with E-state index >= 15 is 0 Å². The van der Waals surface area contributed by atoms with Crippen molar-refractivity contribution in [1.82, 2.24) is 4.90 Å². The van der Waals surface area contributed by atoms with E-state index in [-0.39, 0.29) is 41.8 Å². The van der Waals surface area contributed by atoms with E-state index in [0.29, 0.717) is 38.2 Å². The van der Waals surface area contributed by atoms with Crippen molar-refractivity contribution in [3.63, 3.8) is 0 Å². The molecule has 10 heteroatoms. The molecule has 2 aliphatic heterocycles. The standard InChI is InChI=1S/C37H45ClN2O7/c1-36-15-13-29(36)31(46-20-34(42)43)8-4-5-16-39(2)33(41)19-27(35(44)45-3)24-9-12-32-30(18-24)40(21-36)22-37(23-47-32)14-6-7-25-17-26(38)10-11-28(25)37/h4,8-12,17-18,27,29,31H,5-7,13-16,19-23H2,1-3H3,(H,42,43)/b8-4+/t27?,29-,31?,36?,37-/m0/s1. The zero-order valence-corrected chi connectivity index (χ0v) is 28.3. The number of hydrogen-bond donors (Lipinski definition) is 1. The van der Waals surface area contributed by atoms with Gasteiger partial charge in [0.25, 0.3) is 0 Å². The average Bonchev–Trinajstić information content (AvgIpc) is 3.19. The number of carbonyl (C=O) groups is 3. The number of aryl methyl sites for hydroxylation is 1. The monoisotopic (exact) mass is 664 g/mol. The zero-order chi connectivity index (χ0) is 33.3. The number of methoxy groups -OCH3 is 1. The number of amides is 1. The lowest BCUT2D eigenvalue weighted by molar-refractivity contribution is -0.147. The summed E-state index contributed by atoms with van der Waals surface area (Å²) in [5, 5.41) is 10.2. The third kappa shape index (κ3) is 6.74. The number of rotatable bonds is 4. The van der Waals surface area contributed by atoms with Gasteiger partial charge in [-0.1, -0.05) is 42.8 Å². The molecule has 0 aromatic heterocycles. The number of hydrogen-bond acceptors (Lipinski definition) is 7. The van der Waals surface area contributed by atoms with Crippen LogP contribution in [0.2, 0.25) is 5.02 Å². The number of esters is 1. The Balaban J connectivity index is 1.46. The minimum absolute atomic E-state index is 0.0191. The smallest absolute Gasteiger partial charge is 0.329 e. The maximum Gasteiger partial charge on any atom is 0.329 e.